The van der Waals surface area contributed by atoms with E-state index in [4.69, 9.17) is 4.52 Å². The van der Waals surface area contributed by atoms with Crippen molar-refractivity contribution < 1.29 is 8.91 Å². The van der Waals surface area contributed by atoms with Gasteiger partial charge in [0, 0.05) is 12.5 Å². The second kappa shape index (κ2) is 9.65. The van der Waals surface area contributed by atoms with Crippen LogP contribution in [-0.4, -0.2) is 24.9 Å². The molecule has 0 atom stereocenters. The van der Waals surface area contributed by atoms with Crippen LogP contribution in [0, 0.1) is 5.82 Å². The number of nitrogens with zero attached hydrogens (tertiary/aromatic N) is 5. The first-order valence-electron chi connectivity index (χ1n) is 11.0. The molecule has 0 spiro atoms. The monoisotopic (exact) mass is 449 g/mol. The van der Waals surface area contributed by atoms with Gasteiger partial charge in [0.1, 0.15) is 5.82 Å². The van der Waals surface area contributed by atoms with Crippen LogP contribution >= 0.6 is 11.8 Å². The van der Waals surface area contributed by atoms with Crippen LogP contribution in [0.2, 0.25) is 0 Å². The molecule has 0 N–H and O–H groups in total. The van der Waals surface area contributed by atoms with E-state index in [0.29, 0.717) is 35.3 Å². The van der Waals surface area contributed by atoms with Crippen LogP contribution < -0.4 is 0 Å². The third-order valence-electron chi connectivity index (χ3n) is 5.76. The SMILES string of the molecule is Fc1ccccc1-c1nnc(SCc2nc(Cc3ccccc3)no2)n1C1CCCCC1. The predicted octanol–water partition coefficient (Wildman–Crippen LogP) is 5.86. The van der Waals surface area contributed by atoms with E-state index >= 15 is 0 Å². The van der Waals surface area contributed by atoms with Gasteiger partial charge < -0.3 is 4.52 Å². The summed E-state index contributed by atoms with van der Waals surface area (Å²) in [5.41, 5.74) is 1.62. The fraction of sp³-hybridized carbons (Fsp3) is 0.333. The highest BCUT2D eigenvalue weighted by atomic mass is 32.2. The maximum Gasteiger partial charge on any atom is 0.237 e. The maximum atomic E-state index is 14.5. The highest BCUT2D eigenvalue weighted by Crippen LogP contribution is 2.36. The van der Waals surface area contributed by atoms with E-state index < -0.39 is 0 Å². The second-order valence-corrected chi connectivity index (χ2v) is 8.95. The number of rotatable bonds is 7. The fourth-order valence-electron chi connectivity index (χ4n) is 4.20. The molecule has 1 fully saturated rings. The van der Waals surface area contributed by atoms with Crippen molar-refractivity contribution in [2.24, 2.45) is 0 Å². The standard InChI is InChI=1S/C24H24FN5OS/c25-20-14-8-7-13-19(20)23-27-28-24(30(23)18-11-5-2-6-12-18)32-16-22-26-21(29-31-22)15-17-9-3-1-4-10-17/h1,3-4,7-10,13-14,18H,2,5-6,11-12,15-16H2. The van der Waals surface area contributed by atoms with Gasteiger partial charge in [-0.1, -0.05) is 78.6 Å². The summed E-state index contributed by atoms with van der Waals surface area (Å²) in [6.07, 6.45) is 6.29. The Labute approximate surface area is 190 Å². The van der Waals surface area contributed by atoms with Crippen LogP contribution in [0.4, 0.5) is 4.39 Å². The minimum Gasteiger partial charge on any atom is -0.338 e. The van der Waals surface area contributed by atoms with Gasteiger partial charge in [-0.05, 0) is 30.5 Å². The van der Waals surface area contributed by atoms with Crippen molar-refractivity contribution in [3.63, 3.8) is 0 Å². The Morgan fingerprint density at radius 3 is 2.56 bits per heavy atom. The molecule has 6 nitrogen and oxygen atoms in total. The molecular weight excluding hydrogens is 425 g/mol. The van der Waals surface area contributed by atoms with E-state index in [0.717, 1.165) is 36.4 Å². The van der Waals surface area contributed by atoms with Crippen LogP contribution in [0.15, 0.2) is 64.3 Å². The van der Waals surface area contributed by atoms with Gasteiger partial charge in [0.25, 0.3) is 0 Å². The van der Waals surface area contributed by atoms with Gasteiger partial charge >= 0.3 is 0 Å². The van der Waals surface area contributed by atoms with Crippen molar-refractivity contribution in [3.8, 4) is 11.4 Å². The molecule has 0 bridgehead atoms. The second-order valence-electron chi connectivity index (χ2n) is 8.00. The van der Waals surface area contributed by atoms with Crippen LogP contribution in [-0.2, 0) is 12.2 Å². The van der Waals surface area contributed by atoms with E-state index in [1.54, 1.807) is 12.1 Å². The van der Waals surface area contributed by atoms with Crippen molar-refractivity contribution in [1.82, 2.24) is 24.9 Å². The largest absolute Gasteiger partial charge is 0.338 e. The van der Waals surface area contributed by atoms with Crippen LogP contribution in [0.1, 0.15) is 55.4 Å². The Balaban J connectivity index is 1.36. The Morgan fingerprint density at radius 2 is 1.75 bits per heavy atom. The van der Waals surface area contributed by atoms with Gasteiger partial charge in [-0.3, -0.25) is 4.57 Å². The minimum absolute atomic E-state index is 0.271. The van der Waals surface area contributed by atoms with Crippen LogP contribution in [0.5, 0.6) is 0 Å². The van der Waals surface area contributed by atoms with E-state index in [2.05, 4.69) is 24.9 Å². The Morgan fingerprint density at radius 1 is 0.969 bits per heavy atom. The zero-order valence-corrected chi connectivity index (χ0v) is 18.5. The fourth-order valence-corrected chi connectivity index (χ4v) is 5.04. The summed E-state index contributed by atoms with van der Waals surface area (Å²) in [6, 6.07) is 17.1. The lowest BCUT2D eigenvalue weighted by molar-refractivity contribution is 0.338. The number of thioether (sulfide) groups is 1. The first kappa shape index (κ1) is 20.9. The molecule has 2 aromatic carbocycles. The van der Waals surface area contributed by atoms with Gasteiger partial charge in [-0.15, -0.1) is 10.2 Å². The molecule has 0 unspecified atom stereocenters. The van der Waals surface area contributed by atoms with E-state index in [1.165, 1.54) is 24.2 Å². The van der Waals surface area contributed by atoms with Crippen molar-refractivity contribution in [1.29, 1.82) is 0 Å². The Hall–Kier alpha value is -3.00. The third-order valence-corrected chi connectivity index (χ3v) is 6.69. The topological polar surface area (TPSA) is 69.6 Å². The first-order chi connectivity index (χ1) is 15.8. The summed E-state index contributed by atoms with van der Waals surface area (Å²) in [5, 5.41) is 13.7. The van der Waals surface area contributed by atoms with Gasteiger partial charge in [0.05, 0.1) is 11.3 Å². The first-order valence-corrected chi connectivity index (χ1v) is 11.9. The summed E-state index contributed by atoms with van der Waals surface area (Å²) in [7, 11) is 0. The molecule has 8 heteroatoms. The third kappa shape index (κ3) is 4.60. The molecule has 1 aliphatic rings. The number of benzene rings is 2. The van der Waals surface area contributed by atoms with E-state index in [-0.39, 0.29) is 11.9 Å². The summed E-state index contributed by atoms with van der Waals surface area (Å²) < 4.78 is 22.1. The molecule has 1 saturated carbocycles. The van der Waals surface area contributed by atoms with Crippen LogP contribution in [0.3, 0.4) is 0 Å². The van der Waals surface area contributed by atoms with Gasteiger partial charge in [-0.2, -0.15) is 4.98 Å². The van der Waals surface area contributed by atoms with Crippen molar-refractivity contribution in [2.45, 2.75) is 55.5 Å². The summed E-state index contributed by atoms with van der Waals surface area (Å²) in [6.45, 7) is 0. The zero-order chi connectivity index (χ0) is 21.8. The molecule has 0 saturated heterocycles. The lowest BCUT2D eigenvalue weighted by Crippen LogP contribution is -2.15. The molecule has 32 heavy (non-hydrogen) atoms. The molecule has 2 heterocycles. The number of hydrogen-bond acceptors (Lipinski definition) is 6. The summed E-state index contributed by atoms with van der Waals surface area (Å²) in [5.74, 6) is 2.01. The normalized spacial score (nSPS) is 14.7. The highest BCUT2D eigenvalue weighted by Gasteiger charge is 2.25. The molecule has 0 aliphatic heterocycles. The molecule has 2 aromatic heterocycles. The smallest absolute Gasteiger partial charge is 0.237 e. The lowest BCUT2D eigenvalue weighted by Gasteiger charge is -2.25. The van der Waals surface area contributed by atoms with Gasteiger partial charge in [-0.25, -0.2) is 4.39 Å². The Bertz CT molecular complexity index is 1170. The van der Waals surface area contributed by atoms with Crippen molar-refractivity contribution in [2.75, 3.05) is 0 Å². The number of hydrogen-bond donors (Lipinski definition) is 0. The molecule has 0 amide bonds. The molecular formula is C24H24FN5OS. The van der Waals surface area contributed by atoms with Crippen LogP contribution in [0.25, 0.3) is 11.4 Å². The molecule has 5 rings (SSSR count). The highest BCUT2D eigenvalue weighted by molar-refractivity contribution is 7.98. The zero-order valence-electron chi connectivity index (χ0n) is 17.7. The lowest BCUT2D eigenvalue weighted by atomic mass is 9.95. The van der Waals surface area contributed by atoms with Gasteiger partial charge in [0.2, 0.25) is 5.89 Å². The Kier molecular flexibility index (Phi) is 6.29. The molecule has 0 radical (unpaired) electrons. The molecule has 4 aromatic rings. The summed E-state index contributed by atoms with van der Waals surface area (Å²) in [4.78, 5) is 4.53. The van der Waals surface area contributed by atoms with E-state index in [9.17, 15) is 4.39 Å². The molecule has 1 aliphatic carbocycles. The van der Waals surface area contributed by atoms with Gasteiger partial charge in [0.15, 0.2) is 16.8 Å². The molecule has 164 valence electrons. The summed E-state index contributed by atoms with van der Waals surface area (Å²) >= 11 is 1.51. The quantitative estimate of drug-likeness (QED) is 0.329. The van der Waals surface area contributed by atoms with E-state index in [1.807, 2.05) is 36.4 Å². The maximum absolute atomic E-state index is 14.5. The number of halogens is 1. The number of aromatic nitrogens is 5. The van der Waals surface area contributed by atoms with Crippen molar-refractivity contribution >= 4 is 11.8 Å². The predicted molar refractivity (Wildman–Crippen MR) is 121 cm³/mol. The van der Waals surface area contributed by atoms with Crippen molar-refractivity contribution in [3.05, 3.63) is 77.7 Å². The minimum atomic E-state index is -0.282. The average molecular weight is 450 g/mol. The average Bonchev–Trinajstić information content (AvgIpc) is 3.46.